The first kappa shape index (κ1) is 10.3. The van der Waals surface area contributed by atoms with E-state index in [0.29, 0.717) is 6.10 Å². The molecular weight excluding hydrogens is 164 g/mol. The third-order valence-corrected chi connectivity index (χ3v) is 4.28. The molecule has 0 aromatic rings. The van der Waals surface area contributed by atoms with Crippen molar-refractivity contribution < 1.29 is 4.74 Å². The molecule has 0 aromatic heterocycles. The van der Waals surface area contributed by atoms with Crippen LogP contribution in [0, 0.1) is 0 Å². The molecular formula is C10H22OSi. The summed E-state index contributed by atoms with van der Waals surface area (Å²) in [5, 5.41) is 0. The molecule has 0 bridgehead atoms. The van der Waals surface area contributed by atoms with Crippen LogP contribution < -0.4 is 0 Å². The Balaban J connectivity index is 2.13. The van der Waals surface area contributed by atoms with Gasteiger partial charge in [-0.15, -0.1) is 0 Å². The molecule has 0 aromatic carbocycles. The van der Waals surface area contributed by atoms with Gasteiger partial charge in [-0.2, -0.15) is 0 Å². The van der Waals surface area contributed by atoms with Crippen molar-refractivity contribution in [3.05, 3.63) is 0 Å². The quantitative estimate of drug-likeness (QED) is 0.615. The summed E-state index contributed by atoms with van der Waals surface area (Å²) in [6.45, 7) is 8.33. The van der Waals surface area contributed by atoms with Gasteiger partial charge in [0.15, 0.2) is 0 Å². The third-order valence-electron chi connectivity index (χ3n) is 2.49. The summed E-state index contributed by atoms with van der Waals surface area (Å²) in [6, 6.07) is 1.43. The van der Waals surface area contributed by atoms with E-state index in [1.165, 1.54) is 31.7 Å². The van der Waals surface area contributed by atoms with E-state index in [-0.39, 0.29) is 0 Å². The van der Waals surface area contributed by atoms with Gasteiger partial charge in [-0.3, -0.25) is 0 Å². The Kier molecular flexibility index (Phi) is 3.78. The summed E-state index contributed by atoms with van der Waals surface area (Å²) < 4.78 is 5.70. The molecule has 0 N–H and O–H groups in total. The highest BCUT2D eigenvalue weighted by Crippen LogP contribution is 2.21. The fourth-order valence-corrected chi connectivity index (χ4v) is 2.82. The van der Waals surface area contributed by atoms with Crippen LogP contribution in [0.1, 0.15) is 25.7 Å². The molecule has 1 nitrogen and oxygen atoms in total. The minimum Gasteiger partial charge on any atom is -0.378 e. The summed E-state index contributed by atoms with van der Waals surface area (Å²) in [4.78, 5) is 0. The van der Waals surface area contributed by atoms with Crippen molar-refractivity contribution >= 4 is 8.07 Å². The zero-order chi connectivity index (χ0) is 9.03. The van der Waals surface area contributed by atoms with E-state index in [2.05, 4.69) is 19.6 Å². The lowest BCUT2D eigenvalue weighted by molar-refractivity contribution is 0.0141. The van der Waals surface area contributed by atoms with E-state index in [1.54, 1.807) is 0 Å². The van der Waals surface area contributed by atoms with Crippen molar-refractivity contribution in [3.8, 4) is 0 Å². The van der Waals surface area contributed by atoms with Crippen molar-refractivity contribution in [2.75, 3.05) is 6.61 Å². The molecule has 1 aliphatic rings. The number of hydrogen-bond donors (Lipinski definition) is 0. The standard InChI is InChI=1S/C10H22OSi/c1-12(2,3)9-7-10-6-4-5-8-11-10/h10H,4-9H2,1-3H3. The average molecular weight is 186 g/mol. The maximum atomic E-state index is 5.70. The zero-order valence-corrected chi connectivity index (χ0v) is 9.73. The van der Waals surface area contributed by atoms with Gasteiger partial charge in [0.05, 0.1) is 6.10 Å². The highest BCUT2D eigenvalue weighted by molar-refractivity contribution is 6.76. The average Bonchev–Trinajstić information content (AvgIpc) is 2.02. The summed E-state index contributed by atoms with van der Waals surface area (Å²) in [6.07, 6.45) is 5.89. The van der Waals surface area contributed by atoms with E-state index < -0.39 is 8.07 Å². The van der Waals surface area contributed by atoms with Crippen LogP contribution in [0.2, 0.25) is 25.7 Å². The minimum absolute atomic E-state index is 0.602. The Morgan fingerprint density at radius 1 is 1.25 bits per heavy atom. The maximum absolute atomic E-state index is 5.70. The summed E-state index contributed by atoms with van der Waals surface area (Å²) in [7, 11) is -0.821. The van der Waals surface area contributed by atoms with E-state index in [4.69, 9.17) is 4.74 Å². The molecule has 1 saturated heterocycles. The van der Waals surface area contributed by atoms with Gasteiger partial charge in [0, 0.05) is 14.7 Å². The fraction of sp³-hybridized carbons (Fsp3) is 1.00. The molecule has 1 aliphatic heterocycles. The van der Waals surface area contributed by atoms with Gasteiger partial charge in [0.25, 0.3) is 0 Å². The monoisotopic (exact) mass is 186 g/mol. The van der Waals surface area contributed by atoms with Gasteiger partial charge in [0.2, 0.25) is 0 Å². The lowest BCUT2D eigenvalue weighted by Gasteiger charge is -2.25. The maximum Gasteiger partial charge on any atom is 0.0572 e. The molecule has 1 unspecified atom stereocenters. The Hall–Kier alpha value is 0.177. The van der Waals surface area contributed by atoms with Crippen LogP contribution in [0.25, 0.3) is 0 Å². The van der Waals surface area contributed by atoms with Crippen LogP contribution in [0.4, 0.5) is 0 Å². The van der Waals surface area contributed by atoms with Crippen LogP contribution in [0.5, 0.6) is 0 Å². The van der Waals surface area contributed by atoms with E-state index in [1.807, 2.05) is 0 Å². The highest BCUT2D eigenvalue weighted by Gasteiger charge is 2.18. The number of rotatable bonds is 3. The second kappa shape index (κ2) is 4.42. The van der Waals surface area contributed by atoms with Crippen molar-refractivity contribution in [2.45, 2.75) is 57.5 Å². The lowest BCUT2D eigenvalue weighted by Crippen LogP contribution is -2.25. The minimum atomic E-state index is -0.821. The van der Waals surface area contributed by atoms with Gasteiger partial charge in [-0.1, -0.05) is 25.7 Å². The largest absolute Gasteiger partial charge is 0.378 e. The van der Waals surface area contributed by atoms with Crippen LogP contribution in [0.3, 0.4) is 0 Å². The van der Waals surface area contributed by atoms with Gasteiger partial charge < -0.3 is 4.74 Å². The molecule has 1 fully saturated rings. The van der Waals surface area contributed by atoms with Crippen molar-refractivity contribution in [3.63, 3.8) is 0 Å². The zero-order valence-electron chi connectivity index (χ0n) is 8.73. The first-order valence-electron chi connectivity index (χ1n) is 5.19. The Bertz CT molecular complexity index is 122. The van der Waals surface area contributed by atoms with Gasteiger partial charge >= 0.3 is 0 Å². The fourth-order valence-electron chi connectivity index (χ4n) is 1.63. The van der Waals surface area contributed by atoms with Crippen LogP contribution in [-0.2, 0) is 4.74 Å². The Labute approximate surface area is 77.5 Å². The third kappa shape index (κ3) is 4.26. The summed E-state index contributed by atoms with van der Waals surface area (Å²) in [5.74, 6) is 0. The molecule has 0 amide bonds. The molecule has 0 spiro atoms. The van der Waals surface area contributed by atoms with Crippen molar-refractivity contribution in [2.24, 2.45) is 0 Å². The van der Waals surface area contributed by atoms with Gasteiger partial charge in [-0.05, 0) is 25.7 Å². The topological polar surface area (TPSA) is 9.23 Å². The van der Waals surface area contributed by atoms with E-state index in [9.17, 15) is 0 Å². The molecule has 0 aliphatic carbocycles. The summed E-state index contributed by atoms with van der Waals surface area (Å²) in [5.41, 5.74) is 0. The van der Waals surface area contributed by atoms with Crippen LogP contribution >= 0.6 is 0 Å². The highest BCUT2D eigenvalue weighted by atomic mass is 28.3. The smallest absolute Gasteiger partial charge is 0.0572 e. The molecule has 1 heterocycles. The molecule has 0 radical (unpaired) electrons. The second-order valence-corrected chi connectivity index (χ2v) is 10.7. The number of ether oxygens (including phenoxy) is 1. The van der Waals surface area contributed by atoms with E-state index >= 15 is 0 Å². The first-order valence-corrected chi connectivity index (χ1v) is 8.90. The van der Waals surface area contributed by atoms with Crippen LogP contribution in [-0.4, -0.2) is 20.8 Å². The lowest BCUT2D eigenvalue weighted by atomic mass is 10.1. The van der Waals surface area contributed by atoms with Crippen molar-refractivity contribution in [1.29, 1.82) is 0 Å². The molecule has 12 heavy (non-hydrogen) atoms. The molecule has 0 saturated carbocycles. The molecule has 1 atom stereocenters. The van der Waals surface area contributed by atoms with Crippen molar-refractivity contribution in [1.82, 2.24) is 0 Å². The normalized spacial score (nSPS) is 25.8. The molecule has 2 heteroatoms. The Morgan fingerprint density at radius 3 is 2.50 bits per heavy atom. The van der Waals surface area contributed by atoms with Gasteiger partial charge in [0.1, 0.15) is 0 Å². The number of hydrogen-bond acceptors (Lipinski definition) is 1. The van der Waals surface area contributed by atoms with Gasteiger partial charge in [-0.25, -0.2) is 0 Å². The van der Waals surface area contributed by atoms with Crippen LogP contribution in [0.15, 0.2) is 0 Å². The molecule has 72 valence electrons. The Morgan fingerprint density at radius 2 is 2.00 bits per heavy atom. The second-order valence-electron chi connectivity index (χ2n) is 5.09. The SMILES string of the molecule is C[Si](C)(C)CCC1CCCCO1. The van der Waals surface area contributed by atoms with E-state index in [0.717, 1.165) is 6.61 Å². The first-order chi connectivity index (χ1) is 5.58. The molecule has 1 rings (SSSR count). The summed E-state index contributed by atoms with van der Waals surface area (Å²) >= 11 is 0. The predicted molar refractivity (Wildman–Crippen MR) is 56.4 cm³/mol. The predicted octanol–water partition coefficient (Wildman–Crippen LogP) is 3.28.